The third kappa shape index (κ3) is 44.4. The Balaban J connectivity index is -0.000000401. The van der Waals surface area contributed by atoms with Crippen molar-refractivity contribution in [3.63, 3.8) is 0 Å². The monoisotopic (exact) mass is 495 g/mol. The molecule has 0 aliphatic rings. The van der Waals surface area contributed by atoms with E-state index >= 15 is 0 Å². The summed E-state index contributed by atoms with van der Waals surface area (Å²) in [6.07, 6.45) is 10.9. The predicted molar refractivity (Wildman–Crippen MR) is 109 cm³/mol. The van der Waals surface area contributed by atoms with Gasteiger partial charge >= 0.3 is 13.4 Å². The summed E-state index contributed by atoms with van der Waals surface area (Å²) in [5.41, 5.74) is 1.37. The Labute approximate surface area is 179 Å². The summed E-state index contributed by atoms with van der Waals surface area (Å²) in [6, 6.07) is 11.6. The van der Waals surface area contributed by atoms with E-state index in [1.807, 2.05) is 12.1 Å². The molecular formula is C15H29O6P2S2Zn-. The van der Waals surface area contributed by atoms with Gasteiger partial charge in [-0.15, -0.1) is 0 Å². The molecule has 6 N–H and O–H groups in total. The minimum atomic E-state index is -3.81. The van der Waals surface area contributed by atoms with E-state index in [1.54, 1.807) is 0 Å². The number of hydrogen-bond donors (Lipinski definition) is 6. The zero-order chi connectivity index (χ0) is 19.8. The fourth-order valence-electron chi connectivity index (χ4n) is 1.86. The van der Waals surface area contributed by atoms with Crippen LogP contribution in [-0.4, -0.2) is 29.4 Å². The third-order valence-corrected chi connectivity index (χ3v) is 2.82. The van der Waals surface area contributed by atoms with E-state index in [4.69, 9.17) is 29.4 Å². The minimum Gasteiger partial charge on any atom is -0.325 e. The summed E-state index contributed by atoms with van der Waals surface area (Å²) in [7, 11) is 0. The van der Waals surface area contributed by atoms with Crippen LogP contribution in [0.4, 0.5) is 0 Å². The Morgan fingerprint density at radius 2 is 1.23 bits per heavy atom. The third-order valence-electron chi connectivity index (χ3n) is 2.82. The second-order valence-electron chi connectivity index (χ2n) is 5.29. The van der Waals surface area contributed by atoms with Gasteiger partial charge in [0, 0.05) is 19.5 Å². The van der Waals surface area contributed by atoms with Crippen LogP contribution >= 0.6 is 13.4 Å². The molecule has 1 aromatic carbocycles. The van der Waals surface area contributed by atoms with Gasteiger partial charge in [0.05, 0.1) is 0 Å². The molecule has 0 saturated heterocycles. The van der Waals surface area contributed by atoms with Crippen LogP contribution < -0.4 is 0 Å². The van der Waals surface area contributed by atoms with Gasteiger partial charge in [0.25, 0.3) is 0 Å². The zero-order valence-electron chi connectivity index (χ0n) is 15.1. The smallest absolute Gasteiger partial charge is 0.319 e. The van der Waals surface area contributed by atoms with Crippen molar-refractivity contribution >= 4 is 37.1 Å². The van der Waals surface area contributed by atoms with Crippen LogP contribution in [0.1, 0.15) is 57.4 Å². The summed E-state index contributed by atoms with van der Waals surface area (Å²) in [5, 5.41) is 0. The molecule has 0 atom stereocenters. The van der Waals surface area contributed by atoms with Crippen LogP contribution in [0.2, 0.25) is 0 Å². The Hall–Kier alpha value is 0.903. The van der Waals surface area contributed by atoms with Crippen LogP contribution in [0.3, 0.4) is 0 Å². The van der Waals surface area contributed by atoms with Crippen molar-refractivity contribution in [1.29, 1.82) is 0 Å². The van der Waals surface area contributed by atoms with Crippen LogP contribution in [0.5, 0.6) is 0 Å². The van der Waals surface area contributed by atoms with Crippen molar-refractivity contribution in [3.8, 4) is 0 Å². The fraction of sp³-hybridized carbons (Fsp3) is 0.600. The first-order chi connectivity index (χ1) is 11.4. The molecule has 11 heteroatoms. The van der Waals surface area contributed by atoms with E-state index in [9.17, 15) is 0 Å². The van der Waals surface area contributed by atoms with Gasteiger partial charge in [-0.3, -0.25) is 0 Å². The first-order valence-corrected chi connectivity index (χ1v) is 13.3. The van der Waals surface area contributed by atoms with Crippen molar-refractivity contribution in [3.05, 3.63) is 35.9 Å². The molecule has 0 bridgehead atoms. The molecule has 1 rings (SSSR count). The average molecular weight is 497 g/mol. The molecular weight excluding hydrogens is 468 g/mol. The molecule has 0 aliphatic carbocycles. The molecule has 0 amide bonds. The molecule has 0 unspecified atom stereocenters. The van der Waals surface area contributed by atoms with E-state index in [-0.39, 0.29) is 19.5 Å². The number of aryl methyl sites for hydroxylation is 1. The Morgan fingerprint density at radius 3 is 1.62 bits per heavy atom. The quantitative estimate of drug-likeness (QED) is 0.140. The van der Waals surface area contributed by atoms with Crippen LogP contribution in [-0.2, 0) is 49.5 Å². The molecule has 0 radical (unpaired) electrons. The summed E-state index contributed by atoms with van der Waals surface area (Å²) in [6.45, 7) is -5.34. The van der Waals surface area contributed by atoms with E-state index in [2.05, 4.69) is 48.7 Å². The van der Waals surface area contributed by atoms with E-state index in [1.165, 1.54) is 56.9 Å². The second-order valence-corrected chi connectivity index (χ2v) is 10.3. The van der Waals surface area contributed by atoms with Gasteiger partial charge in [0.2, 0.25) is 0 Å². The van der Waals surface area contributed by atoms with Crippen molar-refractivity contribution in [2.24, 2.45) is 0 Å². The molecule has 0 aliphatic heterocycles. The van der Waals surface area contributed by atoms with Gasteiger partial charge in [-0.05, 0) is 23.6 Å². The van der Waals surface area contributed by atoms with Crippen molar-refractivity contribution in [2.75, 3.05) is 0 Å². The number of unbranched alkanes of at least 4 members (excludes halogenated alkanes) is 6. The molecule has 0 spiro atoms. The predicted octanol–water partition coefficient (Wildman–Crippen LogP) is 3.15. The van der Waals surface area contributed by atoms with Crippen molar-refractivity contribution in [1.82, 2.24) is 0 Å². The molecule has 1 aromatic rings. The molecule has 150 valence electrons. The minimum absolute atomic E-state index is 0. The van der Waals surface area contributed by atoms with E-state index in [0.717, 1.165) is 0 Å². The summed E-state index contributed by atoms with van der Waals surface area (Å²) >= 11 is 7.21. The standard InChI is InChI=1S/C15H23.2H3O3PS.Zn/c1-2-3-4-5-6-7-9-12-15-13-10-8-11-14-15;2*1-4(2,3)5;/h8,10-11,13H,2-7,9,12H2,1H3;2*(H3,1,2,3,5);/q-1;;;. The molecule has 0 aromatic heterocycles. The average Bonchev–Trinajstić information content (AvgIpc) is 2.44. The maximum Gasteiger partial charge on any atom is 0.319 e. The van der Waals surface area contributed by atoms with Gasteiger partial charge in [0.15, 0.2) is 0 Å². The van der Waals surface area contributed by atoms with Gasteiger partial charge in [-0.1, -0.05) is 58.3 Å². The number of rotatable bonds is 8. The fourth-order valence-corrected chi connectivity index (χ4v) is 1.86. The van der Waals surface area contributed by atoms with Crippen molar-refractivity contribution < 1.29 is 48.8 Å². The van der Waals surface area contributed by atoms with E-state index < -0.39 is 13.4 Å². The van der Waals surface area contributed by atoms with Gasteiger partial charge in [0.1, 0.15) is 0 Å². The molecule has 0 fully saturated rings. The molecule has 0 saturated carbocycles. The topological polar surface area (TPSA) is 121 Å². The van der Waals surface area contributed by atoms with Crippen LogP contribution in [0.15, 0.2) is 24.3 Å². The van der Waals surface area contributed by atoms with Gasteiger partial charge < -0.3 is 29.4 Å². The van der Waals surface area contributed by atoms with Crippen LogP contribution in [0, 0.1) is 6.07 Å². The second kappa shape index (κ2) is 19.2. The first-order valence-electron chi connectivity index (χ1n) is 7.95. The van der Waals surface area contributed by atoms with Gasteiger partial charge in [-0.25, -0.2) is 0 Å². The Morgan fingerprint density at radius 1 is 0.808 bits per heavy atom. The van der Waals surface area contributed by atoms with Gasteiger partial charge in [-0.2, -0.15) is 35.9 Å². The molecule has 0 heterocycles. The Kier molecular flexibility index (Phi) is 23.4. The number of hydrogen-bond acceptors (Lipinski definition) is 2. The maximum absolute atomic E-state index is 7.56. The summed E-state index contributed by atoms with van der Waals surface area (Å²) in [5.74, 6) is 0. The number of benzene rings is 1. The van der Waals surface area contributed by atoms with E-state index in [0.29, 0.717) is 0 Å². The molecule has 6 nitrogen and oxygen atoms in total. The zero-order valence-corrected chi connectivity index (χ0v) is 21.5. The normalized spacial score (nSPS) is 10.6. The largest absolute Gasteiger partial charge is 0.325 e. The summed E-state index contributed by atoms with van der Waals surface area (Å²) in [4.78, 5) is 45.3. The summed E-state index contributed by atoms with van der Waals surface area (Å²) < 4.78 is 0. The molecule has 26 heavy (non-hydrogen) atoms. The SMILES string of the molecule is CCCCCCCCCc1[c-]cccc1.OP(O)(O)=S.OP(O)(O)=S.[Zn]. The Bertz CT molecular complexity index is 474. The first kappa shape index (κ1) is 31.6. The van der Waals surface area contributed by atoms with Crippen molar-refractivity contribution in [2.45, 2.75) is 58.3 Å². The maximum atomic E-state index is 7.56. The van der Waals surface area contributed by atoms with Crippen LogP contribution in [0.25, 0.3) is 0 Å².